The quantitative estimate of drug-likeness (QED) is 0.522. The zero-order valence-corrected chi connectivity index (χ0v) is 13.5. The molecule has 0 radical (unpaired) electrons. The van der Waals surface area contributed by atoms with Gasteiger partial charge in [0.25, 0.3) is 0 Å². The van der Waals surface area contributed by atoms with Crippen LogP contribution in [0.5, 0.6) is 0 Å². The van der Waals surface area contributed by atoms with Gasteiger partial charge in [0.1, 0.15) is 0 Å². The maximum Gasteiger partial charge on any atom is 0.239 e. The number of hydrogen-bond donors (Lipinski definition) is 1. The summed E-state index contributed by atoms with van der Waals surface area (Å²) >= 11 is 0. The number of rotatable bonds is 9. The van der Waals surface area contributed by atoms with E-state index in [1.165, 1.54) is 32.1 Å². The number of nitrogens with zero attached hydrogens (tertiary/aromatic N) is 1. The highest BCUT2D eigenvalue weighted by Gasteiger charge is 2.22. The van der Waals surface area contributed by atoms with Gasteiger partial charge in [0.2, 0.25) is 5.91 Å². The Morgan fingerprint density at radius 2 is 1.80 bits per heavy atom. The zero-order valence-electron chi connectivity index (χ0n) is 12.7. The van der Waals surface area contributed by atoms with E-state index in [0.717, 1.165) is 45.2 Å². The molecule has 0 aliphatic carbocycles. The van der Waals surface area contributed by atoms with Crippen molar-refractivity contribution >= 4 is 18.3 Å². The second kappa shape index (κ2) is 12.2. The fourth-order valence-corrected chi connectivity index (χ4v) is 2.66. The molecule has 118 valence electrons. The number of allylic oxidation sites excluding steroid dienone is 1. The van der Waals surface area contributed by atoms with Crippen molar-refractivity contribution in [2.75, 3.05) is 13.1 Å². The molecule has 1 rings (SSSR count). The average molecular weight is 303 g/mol. The Bertz CT molecular complexity index is 271. The van der Waals surface area contributed by atoms with Crippen molar-refractivity contribution in [3.8, 4) is 0 Å². The summed E-state index contributed by atoms with van der Waals surface area (Å²) < 4.78 is 0. The van der Waals surface area contributed by atoms with Crippen LogP contribution in [0, 0.1) is 0 Å². The number of hydrogen-bond acceptors (Lipinski definition) is 2. The van der Waals surface area contributed by atoms with Gasteiger partial charge in [-0.15, -0.1) is 19.0 Å². The van der Waals surface area contributed by atoms with Gasteiger partial charge >= 0.3 is 0 Å². The average Bonchev–Trinajstić information content (AvgIpc) is 2.57. The maximum atomic E-state index is 12.0. The van der Waals surface area contributed by atoms with Crippen molar-refractivity contribution < 1.29 is 4.79 Å². The molecule has 0 spiro atoms. The SMILES string of the molecule is C=CCCCCCCCCN1CCCC[C@H](N)C1=O.Cl. The Labute approximate surface area is 130 Å². The zero-order chi connectivity index (χ0) is 13.9. The Balaban J connectivity index is 0.00000361. The molecule has 1 heterocycles. The fraction of sp³-hybridized carbons (Fsp3) is 0.812. The van der Waals surface area contributed by atoms with Crippen LogP contribution in [0.2, 0.25) is 0 Å². The van der Waals surface area contributed by atoms with E-state index in [-0.39, 0.29) is 24.4 Å². The van der Waals surface area contributed by atoms with E-state index in [4.69, 9.17) is 5.73 Å². The standard InChI is InChI=1S/C16H30N2O.ClH/c1-2-3-4-5-6-7-8-10-13-18-14-11-9-12-15(17)16(18)19;/h2,15H,1,3-14,17H2;1H/t15-;/m0./s1. The molecule has 4 heteroatoms. The molecule has 20 heavy (non-hydrogen) atoms. The lowest BCUT2D eigenvalue weighted by Crippen LogP contribution is -2.42. The first-order valence-corrected chi connectivity index (χ1v) is 7.91. The molecule has 0 aromatic heterocycles. The van der Waals surface area contributed by atoms with Crippen LogP contribution in [0.1, 0.15) is 64.2 Å². The third-order valence-corrected chi connectivity index (χ3v) is 3.91. The third kappa shape index (κ3) is 7.91. The topological polar surface area (TPSA) is 46.3 Å². The molecule has 0 bridgehead atoms. The molecule has 1 atom stereocenters. The van der Waals surface area contributed by atoms with Crippen molar-refractivity contribution in [1.29, 1.82) is 0 Å². The summed E-state index contributed by atoms with van der Waals surface area (Å²) in [4.78, 5) is 14.0. The molecule has 0 aromatic rings. The number of halogens is 1. The monoisotopic (exact) mass is 302 g/mol. The van der Waals surface area contributed by atoms with E-state index in [9.17, 15) is 4.79 Å². The van der Waals surface area contributed by atoms with Gasteiger partial charge < -0.3 is 10.6 Å². The molecule has 1 amide bonds. The Morgan fingerprint density at radius 3 is 2.50 bits per heavy atom. The van der Waals surface area contributed by atoms with Crippen LogP contribution in [0.25, 0.3) is 0 Å². The van der Waals surface area contributed by atoms with Crippen molar-refractivity contribution in [1.82, 2.24) is 4.90 Å². The predicted octanol–water partition coefficient (Wildman–Crippen LogP) is 3.66. The normalized spacial score (nSPS) is 19.4. The minimum atomic E-state index is -0.249. The van der Waals surface area contributed by atoms with Gasteiger partial charge in [-0.25, -0.2) is 0 Å². The van der Waals surface area contributed by atoms with Crippen molar-refractivity contribution in [3.63, 3.8) is 0 Å². The van der Waals surface area contributed by atoms with E-state index in [0.29, 0.717) is 0 Å². The lowest BCUT2D eigenvalue weighted by Gasteiger charge is -2.22. The van der Waals surface area contributed by atoms with Crippen LogP contribution < -0.4 is 5.73 Å². The molecule has 0 saturated carbocycles. The van der Waals surface area contributed by atoms with Gasteiger partial charge in [-0.3, -0.25) is 4.79 Å². The molecule has 1 saturated heterocycles. The number of unbranched alkanes of at least 4 members (excludes halogenated alkanes) is 6. The first kappa shape index (κ1) is 19.5. The smallest absolute Gasteiger partial charge is 0.239 e. The summed E-state index contributed by atoms with van der Waals surface area (Å²) in [7, 11) is 0. The van der Waals surface area contributed by atoms with Crippen LogP contribution in [-0.2, 0) is 4.79 Å². The van der Waals surface area contributed by atoms with Crippen molar-refractivity contribution in [2.45, 2.75) is 70.3 Å². The molecule has 3 nitrogen and oxygen atoms in total. The fourth-order valence-electron chi connectivity index (χ4n) is 2.66. The molecule has 1 aliphatic heterocycles. The maximum absolute atomic E-state index is 12.0. The summed E-state index contributed by atoms with van der Waals surface area (Å²) in [5.74, 6) is 0.170. The highest BCUT2D eigenvalue weighted by Crippen LogP contribution is 2.13. The predicted molar refractivity (Wildman–Crippen MR) is 88.2 cm³/mol. The molecule has 1 fully saturated rings. The lowest BCUT2D eigenvalue weighted by atomic mass is 10.1. The van der Waals surface area contributed by atoms with E-state index in [2.05, 4.69) is 6.58 Å². The minimum Gasteiger partial charge on any atom is -0.341 e. The number of amides is 1. The van der Waals surface area contributed by atoms with Gasteiger partial charge in [0.05, 0.1) is 6.04 Å². The number of likely N-dealkylation sites (tertiary alicyclic amines) is 1. The molecule has 2 N–H and O–H groups in total. The molecule has 0 aromatic carbocycles. The van der Waals surface area contributed by atoms with Crippen LogP contribution in [0.4, 0.5) is 0 Å². The van der Waals surface area contributed by atoms with Crippen LogP contribution in [0.3, 0.4) is 0 Å². The van der Waals surface area contributed by atoms with E-state index in [1.54, 1.807) is 0 Å². The van der Waals surface area contributed by atoms with E-state index < -0.39 is 0 Å². The van der Waals surface area contributed by atoms with Crippen molar-refractivity contribution in [3.05, 3.63) is 12.7 Å². The lowest BCUT2D eigenvalue weighted by molar-refractivity contribution is -0.132. The Hall–Kier alpha value is -0.540. The second-order valence-electron chi connectivity index (χ2n) is 5.63. The van der Waals surface area contributed by atoms with Crippen molar-refractivity contribution in [2.24, 2.45) is 5.73 Å². The highest BCUT2D eigenvalue weighted by molar-refractivity contribution is 5.85. The first-order chi connectivity index (χ1) is 9.25. The summed E-state index contributed by atoms with van der Waals surface area (Å²) in [6.07, 6.45) is 13.7. The van der Waals surface area contributed by atoms with Crippen LogP contribution in [-0.4, -0.2) is 29.9 Å². The first-order valence-electron chi connectivity index (χ1n) is 7.91. The second-order valence-corrected chi connectivity index (χ2v) is 5.63. The third-order valence-electron chi connectivity index (χ3n) is 3.91. The van der Waals surface area contributed by atoms with Gasteiger partial charge in [0.15, 0.2) is 0 Å². The summed E-state index contributed by atoms with van der Waals surface area (Å²) in [6.45, 7) is 5.54. The Morgan fingerprint density at radius 1 is 1.15 bits per heavy atom. The van der Waals surface area contributed by atoms with E-state index >= 15 is 0 Å². The minimum absolute atomic E-state index is 0. The largest absolute Gasteiger partial charge is 0.341 e. The number of carbonyl (C=O) groups is 1. The summed E-state index contributed by atoms with van der Waals surface area (Å²) in [6, 6.07) is -0.249. The Kier molecular flexibility index (Phi) is 11.9. The number of carbonyl (C=O) groups excluding carboxylic acids is 1. The van der Waals surface area contributed by atoms with Gasteiger partial charge in [-0.05, 0) is 38.5 Å². The van der Waals surface area contributed by atoms with E-state index in [1.807, 2.05) is 11.0 Å². The van der Waals surface area contributed by atoms with Gasteiger partial charge in [-0.2, -0.15) is 0 Å². The van der Waals surface area contributed by atoms with Crippen LogP contribution >= 0.6 is 12.4 Å². The molecular weight excluding hydrogens is 272 g/mol. The summed E-state index contributed by atoms with van der Waals surface area (Å²) in [5.41, 5.74) is 5.87. The highest BCUT2D eigenvalue weighted by atomic mass is 35.5. The summed E-state index contributed by atoms with van der Waals surface area (Å²) in [5, 5.41) is 0. The molecule has 0 unspecified atom stereocenters. The molecule has 1 aliphatic rings. The van der Waals surface area contributed by atoms with Gasteiger partial charge in [0, 0.05) is 13.1 Å². The van der Waals surface area contributed by atoms with Gasteiger partial charge in [-0.1, -0.05) is 31.8 Å². The van der Waals surface area contributed by atoms with Crippen LogP contribution in [0.15, 0.2) is 12.7 Å². The molecular formula is C16H31ClN2O. The number of nitrogens with two attached hydrogens (primary N) is 1.